The Morgan fingerprint density at radius 1 is 1.20 bits per heavy atom. The molecule has 11 heteroatoms. The summed E-state index contributed by atoms with van der Waals surface area (Å²) in [5.74, 6) is -0.686. The standard InChI is InChI=1S/C29H32N8O3/c1-5-37(6-2)12-11-33-29(40)26-17(3)24(34-18(26)4)15-22-21-14-20(7-8-23(21)36-28(22)39)35-27(38)19(16-30)13-25-31-9-10-32-25/h7-10,13-15,34H,5-6,11-12H2,1-4H3,(H,31,32)(H,33,40)(H,35,38)(H,36,39)/b19-13+,22-15-. The van der Waals surface area contributed by atoms with Crippen LogP contribution in [0.5, 0.6) is 0 Å². The summed E-state index contributed by atoms with van der Waals surface area (Å²) in [4.78, 5) is 50.8. The molecule has 0 radical (unpaired) electrons. The molecule has 3 amide bonds. The van der Waals surface area contributed by atoms with Crippen LogP contribution in [-0.4, -0.2) is 63.8 Å². The molecule has 11 nitrogen and oxygen atoms in total. The molecular formula is C29H32N8O3. The first-order chi connectivity index (χ1) is 19.2. The average Bonchev–Trinajstić information content (AvgIpc) is 3.63. The van der Waals surface area contributed by atoms with Gasteiger partial charge in [0.15, 0.2) is 0 Å². The summed E-state index contributed by atoms with van der Waals surface area (Å²) in [5, 5.41) is 18.0. The third kappa shape index (κ3) is 6.03. The zero-order valence-electron chi connectivity index (χ0n) is 22.9. The monoisotopic (exact) mass is 540 g/mol. The molecule has 1 aliphatic rings. The number of anilines is 2. The summed E-state index contributed by atoms with van der Waals surface area (Å²) in [6, 6.07) is 6.89. The van der Waals surface area contributed by atoms with Crippen LogP contribution in [0.2, 0.25) is 0 Å². The molecule has 3 aromatic rings. The third-order valence-corrected chi connectivity index (χ3v) is 6.83. The SMILES string of the molecule is CCN(CC)CCNC(=O)c1c(C)[nH]c(/C=C2\C(=O)Nc3ccc(NC(=O)/C(C#N)=C/c4ncc[nH]4)cc32)c1C. The predicted molar refractivity (Wildman–Crippen MR) is 154 cm³/mol. The minimum Gasteiger partial charge on any atom is -0.358 e. The fourth-order valence-electron chi connectivity index (χ4n) is 4.61. The maximum Gasteiger partial charge on any atom is 0.266 e. The molecule has 0 unspecified atom stereocenters. The number of likely N-dealkylation sites (N-methyl/N-ethyl adjacent to an activating group) is 1. The van der Waals surface area contributed by atoms with Gasteiger partial charge in [-0.05, 0) is 56.8 Å². The molecule has 0 atom stereocenters. The highest BCUT2D eigenvalue weighted by Gasteiger charge is 2.26. The van der Waals surface area contributed by atoms with E-state index in [1.807, 2.05) is 19.9 Å². The number of aromatic nitrogens is 3. The second-order valence-electron chi connectivity index (χ2n) is 9.32. The number of fused-ring (bicyclic) bond motifs is 1. The highest BCUT2D eigenvalue weighted by atomic mass is 16.2. The summed E-state index contributed by atoms with van der Waals surface area (Å²) in [6.07, 6.45) is 6.17. The van der Waals surface area contributed by atoms with Gasteiger partial charge in [-0.2, -0.15) is 5.26 Å². The van der Waals surface area contributed by atoms with Crippen molar-refractivity contribution in [3.05, 3.63) is 70.1 Å². The lowest BCUT2D eigenvalue weighted by Crippen LogP contribution is -2.35. The molecule has 5 N–H and O–H groups in total. The molecule has 0 saturated carbocycles. The first kappa shape index (κ1) is 28.1. The van der Waals surface area contributed by atoms with Crippen molar-refractivity contribution in [1.29, 1.82) is 5.26 Å². The van der Waals surface area contributed by atoms with E-state index in [1.165, 1.54) is 12.3 Å². The molecule has 206 valence electrons. The fraction of sp³-hybridized carbons (Fsp3) is 0.276. The van der Waals surface area contributed by atoms with Crippen LogP contribution in [-0.2, 0) is 9.59 Å². The van der Waals surface area contributed by atoms with Crippen molar-refractivity contribution in [2.75, 3.05) is 36.8 Å². The van der Waals surface area contributed by atoms with Crippen molar-refractivity contribution in [3.63, 3.8) is 0 Å². The summed E-state index contributed by atoms with van der Waals surface area (Å²) in [7, 11) is 0. The Hall–Kier alpha value is -4.95. The minimum atomic E-state index is -0.603. The smallest absolute Gasteiger partial charge is 0.266 e. The molecule has 0 bridgehead atoms. The number of rotatable bonds is 10. The van der Waals surface area contributed by atoms with Gasteiger partial charge >= 0.3 is 0 Å². The number of nitrogens with zero attached hydrogens (tertiary/aromatic N) is 3. The van der Waals surface area contributed by atoms with E-state index in [0.717, 1.165) is 25.2 Å². The van der Waals surface area contributed by atoms with Crippen molar-refractivity contribution in [3.8, 4) is 6.07 Å². The quantitative estimate of drug-likeness (QED) is 0.196. The molecule has 0 fully saturated rings. The number of carbonyl (C=O) groups is 3. The highest BCUT2D eigenvalue weighted by Crippen LogP contribution is 2.36. The second kappa shape index (κ2) is 12.3. The van der Waals surface area contributed by atoms with Crippen LogP contribution in [0.1, 0.15) is 52.5 Å². The fourth-order valence-corrected chi connectivity index (χ4v) is 4.61. The van der Waals surface area contributed by atoms with Crippen molar-refractivity contribution < 1.29 is 14.4 Å². The second-order valence-corrected chi connectivity index (χ2v) is 9.32. The van der Waals surface area contributed by atoms with Crippen LogP contribution in [0, 0.1) is 25.2 Å². The summed E-state index contributed by atoms with van der Waals surface area (Å²) < 4.78 is 0. The molecule has 0 aliphatic carbocycles. The molecule has 3 heterocycles. The lowest BCUT2D eigenvalue weighted by atomic mass is 10.0. The molecule has 40 heavy (non-hydrogen) atoms. The van der Waals surface area contributed by atoms with Crippen LogP contribution >= 0.6 is 0 Å². The van der Waals surface area contributed by atoms with Gasteiger partial charge in [0.1, 0.15) is 17.5 Å². The van der Waals surface area contributed by atoms with E-state index in [9.17, 15) is 19.6 Å². The Kier molecular flexibility index (Phi) is 8.61. The Morgan fingerprint density at radius 2 is 1.98 bits per heavy atom. The molecule has 0 spiro atoms. The number of H-pyrrole nitrogens is 2. The van der Waals surface area contributed by atoms with Gasteiger partial charge in [-0.1, -0.05) is 13.8 Å². The van der Waals surface area contributed by atoms with Crippen molar-refractivity contribution in [2.24, 2.45) is 0 Å². The van der Waals surface area contributed by atoms with E-state index >= 15 is 0 Å². The maximum absolute atomic E-state index is 13.0. The predicted octanol–water partition coefficient (Wildman–Crippen LogP) is 3.46. The zero-order chi connectivity index (χ0) is 28.8. The van der Waals surface area contributed by atoms with Gasteiger partial charge in [0.2, 0.25) is 0 Å². The van der Waals surface area contributed by atoms with Gasteiger partial charge in [-0.3, -0.25) is 14.4 Å². The van der Waals surface area contributed by atoms with Crippen molar-refractivity contribution >= 4 is 46.8 Å². The Morgan fingerprint density at radius 3 is 2.65 bits per heavy atom. The van der Waals surface area contributed by atoms with Crippen molar-refractivity contribution in [1.82, 2.24) is 25.2 Å². The normalized spacial score (nSPS) is 13.8. The maximum atomic E-state index is 13.0. The van der Waals surface area contributed by atoms with E-state index in [-0.39, 0.29) is 17.4 Å². The molecule has 4 rings (SSSR count). The lowest BCUT2D eigenvalue weighted by molar-refractivity contribution is -0.112. The van der Waals surface area contributed by atoms with Crippen molar-refractivity contribution in [2.45, 2.75) is 27.7 Å². The van der Waals surface area contributed by atoms with E-state index in [0.29, 0.717) is 51.8 Å². The number of hydrogen-bond acceptors (Lipinski definition) is 6. The number of benzene rings is 1. The Labute approximate surface area is 232 Å². The largest absolute Gasteiger partial charge is 0.358 e. The van der Waals surface area contributed by atoms with Gasteiger partial charge in [0.25, 0.3) is 17.7 Å². The van der Waals surface area contributed by atoms with Gasteiger partial charge in [-0.25, -0.2) is 4.98 Å². The molecule has 0 saturated heterocycles. The number of carbonyl (C=O) groups excluding carboxylic acids is 3. The van der Waals surface area contributed by atoms with Crippen LogP contribution in [0.4, 0.5) is 11.4 Å². The first-order valence-corrected chi connectivity index (χ1v) is 13.0. The molecule has 1 aromatic carbocycles. The summed E-state index contributed by atoms with van der Waals surface area (Å²) in [6.45, 7) is 11.0. The summed E-state index contributed by atoms with van der Waals surface area (Å²) in [5.41, 5.74) is 4.50. The van der Waals surface area contributed by atoms with Crippen LogP contribution in [0.25, 0.3) is 17.7 Å². The van der Waals surface area contributed by atoms with Gasteiger partial charge in [-0.15, -0.1) is 0 Å². The number of nitrogens with one attached hydrogen (secondary N) is 5. The van der Waals surface area contributed by atoms with E-state index in [2.05, 4.69) is 49.6 Å². The number of hydrogen-bond donors (Lipinski definition) is 5. The number of aryl methyl sites for hydroxylation is 1. The molecular weight excluding hydrogens is 508 g/mol. The Balaban J connectivity index is 1.56. The average molecular weight is 541 g/mol. The highest BCUT2D eigenvalue weighted by molar-refractivity contribution is 6.35. The van der Waals surface area contributed by atoms with E-state index in [1.54, 1.807) is 30.5 Å². The minimum absolute atomic E-state index is 0.124. The van der Waals surface area contributed by atoms with E-state index < -0.39 is 5.91 Å². The lowest BCUT2D eigenvalue weighted by Gasteiger charge is -2.18. The first-order valence-electron chi connectivity index (χ1n) is 13.0. The number of nitriles is 1. The Bertz CT molecular complexity index is 1540. The topological polar surface area (TPSA) is 159 Å². The van der Waals surface area contributed by atoms with Gasteiger partial charge < -0.3 is 30.8 Å². The number of imidazole rings is 1. The zero-order valence-corrected chi connectivity index (χ0v) is 22.9. The van der Waals surface area contributed by atoms with Crippen LogP contribution in [0.15, 0.2) is 36.2 Å². The van der Waals surface area contributed by atoms with E-state index in [4.69, 9.17) is 0 Å². The number of aromatic amines is 2. The third-order valence-electron chi connectivity index (χ3n) is 6.83. The van der Waals surface area contributed by atoms with Crippen LogP contribution < -0.4 is 16.0 Å². The molecule has 2 aromatic heterocycles. The molecule has 1 aliphatic heterocycles. The van der Waals surface area contributed by atoms with Gasteiger partial charge in [0, 0.05) is 59.9 Å². The summed E-state index contributed by atoms with van der Waals surface area (Å²) >= 11 is 0. The van der Waals surface area contributed by atoms with Gasteiger partial charge in [0.05, 0.1) is 11.1 Å². The van der Waals surface area contributed by atoms with Crippen LogP contribution in [0.3, 0.4) is 0 Å². The number of amides is 3.